The molecule has 2 aliphatic rings. The molecule has 22 heavy (non-hydrogen) atoms. The normalized spacial score (nSPS) is 30.5. The molecule has 0 radical (unpaired) electrons. The van der Waals surface area contributed by atoms with Crippen LogP contribution in [0, 0.1) is 11.8 Å². The molecule has 1 amide bonds. The minimum absolute atomic E-state index is 0. The van der Waals surface area contributed by atoms with Crippen LogP contribution < -0.4 is 11.1 Å². The zero-order valence-corrected chi connectivity index (χ0v) is 14.2. The van der Waals surface area contributed by atoms with E-state index >= 15 is 0 Å². The van der Waals surface area contributed by atoms with Crippen molar-refractivity contribution in [2.75, 3.05) is 0 Å². The molecule has 0 aromatic carbocycles. The number of hydrogen-bond acceptors (Lipinski definition) is 3. The number of aryl methyl sites for hydroxylation is 1. The van der Waals surface area contributed by atoms with Gasteiger partial charge in [-0.3, -0.25) is 9.48 Å². The Balaban J connectivity index is 0.00000176. The summed E-state index contributed by atoms with van der Waals surface area (Å²) in [5, 5.41) is 7.94. The molecule has 1 aromatic rings. The Kier molecular flexibility index (Phi) is 6.12. The van der Waals surface area contributed by atoms with Gasteiger partial charge in [0.25, 0.3) is 0 Å². The highest BCUT2D eigenvalue weighted by Gasteiger charge is 2.39. The van der Waals surface area contributed by atoms with E-state index in [0.29, 0.717) is 41.9 Å². The maximum absolute atomic E-state index is 12.2. The maximum atomic E-state index is 12.2. The Hall–Kier alpha value is -0.780. The zero-order chi connectivity index (χ0) is 14.8. The molecule has 124 valence electrons. The van der Waals surface area contributed by atoms with E-state index in [1.54, 1.807) is 17.1 Å². The average molecular weight is 347 g/mol. The van der Waals surface area contributed by atoms with Crippen molar-refractivity contribution in [2.45, 2.75) is 57.2 Å². The summed E-state index contributed by atoms with van der Waals surface area (Å²) in [4.78, 5) is 12.2. The lowest BCUT2D eigenvalue weighted by Gasteiger charge is -2.45. The van der Waals surface area contributed by atoms with E-state index in [0.717, 1.165) is 12.8 Å². The summed E-state index contributed by atoms with van der Waals surface area (Å²) in [6.07, 6.45) is 9.55. The van der Waals surface area contributed by atoms with Gasteiger partial charge in [-0.15, -0.1) is 12.4 Å². The molecule has 3 N–H and O–H groups in total. The van der Waals surface area contributed by atoms with Gasteiger partial charge in [0.2, 0.25) is 5.91 Å². The van der Waals surface area contributed by atoms with Crippen LogP contribution in [0.2, 0.25) is 5.02 Å². The van der Waals surface area contributed by atoms with Crippen LogP contribution in [0.3, 0.4) is 0 Å². The molecule has 2 bridgehead atoms. The van der Waals surface area contributed by atoms with Gasteiger partial charge in [0.1, 0.15) is 0 Å². The van der Waals surface area contributed by atoms with Crippen LogP contribution in [0.1, 0.15) is 38.5 Å². The summed E-state index contributed by atoms with van der Waals surface area (Å²) in [5.74, 6) is 1.24. The minimum Gasteiger partial charge on any atom is -0.353 e. The molecule has 1 heterocycles. The third kappa shape index (κ3) is 4.15. The van der Waals surface area contributed by atoms with Gasteiger partial charge in [0.15, 0.2) is 0 Å². The second-order valence-corrected chi connectivity index (χ2v) is 6.88. The second-order valence-electron chi connectivity index (χ2n) is 6.45. The van der Waals surface area contributed by atoms with Crippen molar-refractivity contribution < 1.29 is 4.79 Å². The number of nitrogens with zero attached hydrogens (tertiary/aromatic N) is 2. The lowest BCUT2D eigenvalue weighted by molar-refractivity contribution is -0.123. The molecular formula is C15H24Cl2N4O. The third-order valence-corrected chi connectivity index (χ3v) is 5.07. The van der Waals surface area contributed by atoms with Crippen LogP contribution in [-0.2, 0) is 11.3 Å². The lowest BCUT2D eigenvalue weighted by atomic mass is 9.67. The van der Waals surface area contributed by atoms with E-state index in [4.69, 9.17) is 17.3 Å². The van der Waals surface area contributed by atoms with E-state index in [9.17, 15) is 4.79 Å². The van der Waals surface area contributed by atoms with E-state index in [1.807, 2.05) is 0 Å². The number of aromatic nitrogens is 2. The van der Waals surface area contributed by atoms with Crippen molar-refractivity contribution >= 4 is 29.9 Å². The predicted molar refractivity (Wildman–Crippen MR) is 89.1 cm³/mol. The number of nitrogens with one attached hydrogen (secondary N) is 1. The largest absolute Gasteiger partial charge is 0.353 e. The Morgan fingerprint density at radius 2 is 2.09 bits per heavy atom. The van der Waals surface area contributed by atoms with Gasteiger partial charge in [-0.2, -0.15) is 5.10 Å². The van der Waals surface area contributed by atoms with Gasteiger partial charge in [-0.25, -0.2) is 0 Å². The molecule has 0 saturated heterocycles. The van der Waals surface area contributed by atoms with Crippen molar-refractivity contribution in [2.24, 2.45) is 17.6 Å². The molecule has 2 fully saturated rings. The zero-order valence-electron chi connectivity index (χ0n) is 12.6. The first-order valence-electron chi connectivity index (χ1n) is 7.84. The molecular weight excluding hydrogens is 323 g/mol. The number of rotatable bonds is 4. The summed E-state index contributed by atoms with van der Waals surface area (Å²) in [7, 11) is 0. The maximum Gasteiger partial charge on any atom is 0.222 e. The predicted octanol–water partition coefficient (Wildman–Crippen LogP) is 2.37. The molecule has 2 saturated carbocycles. The summed E-state index contributed by atoms with van der Waals surface area (Å²) in [6.45, 7) is 0.570. The van der Waals surface area contributed by atoms with E-state index in [2.05, 4.69) is 10.4 Å². The van der Waals surface area contributed by atoms with Crippen molar-refractivity contribution in [3.8, 4) is 0 Å². The van der Waals surface area contributed by atoms with Crippen molar-refractivity contribution in [1.82, 2.24) is 15.1 Å². The number of carbonyl (C=O) groups excluding carboxylic acids is 1. The van der Waals surface area contributed by atoms with Gasteiger partial charge in [0, 0.05) is 31.2 Å². The summed E-state index contributed by atoms with van der Waals surface area (Å²) in [5.41, 5.74) is 6.12. The van der Waals surface area contributed by atoms with Crippen LogP contribution in [0.4, 0.5) is 0 Å². The van der Waals surface area contributed by atoms with Crippen LogP contribution in [0.15, 0.2) is 12.4 Å². The molecule has 2 aliphatic carbocycles. The van der Waals surface area contributed by atoms with Crippen molar-refractivity contribution in [3.05, 3.63) is 17.4 Å². The fraction of sp³-hybridized carbons (Fsp3) is 0.733. The molecule has 2 unspecified atom stereocenters. The van der Waals surface area contributed by atoms with E-state index < -0.39 is 0 Å². The quantitative estimate of drug-likeness (QED) is 0.878. The molecule has 0 aliphatic heterocycles. The minimum atomic E-state index is 0. The van der Waals surface area contributed by atoms with Gasteiger partial charge in [-0.1, -0.05) is 18.0 Å². The van der Waals surface area contributed by atoms with Crippen LogP contribution in [-0.4, -0.2) is 27.8 Å². The lowest BCUT2D eigenvalue weighted by Crippen LogP contribution is -2.53. The molecule has 0 spiro atoms. The molecule has 3 rings (SSSR count). The fourth-order valence-electron chi connectivity index (χ4n) is 3.96. The summed E-state index contributed by atoms with van der Waals surface area (Å²) < 4.78 is 1.71. The topological polar surface area (TPSA) is 72.9 Å². The second kappa shape index (κ2) is 7.66. The molecule has 5 nitrogen and oxygen atoms in total. The number of amides is 1. The van der Waals surface area contributed by atoms with Crippen LogP contribution in [0.5, 0.6) is 0 Å². The first-order chi connectivity index (χ1) is 10.1. The van der Waals surface area contributed by atoms with E-state index in [-0.39, 0.29) is 18.3 Å². The van der Waals surface area contributed by atoms with Crippen molar-refractivity contribution in [3.63, 3.8) is 0 Å². The standard InChI is InChI=1S/C15H23ClN4O.ClH/c16-12-8-18-20(9-12)5-4-14(21)19-15-10-2-1-3-11(15)7-13(17)6-10;/h8-11,13,15H,1-7,17H2,(H,19,21);1H. The van der Waals surface area contributed by atoms with Gasteiger partial charge >= 0.3 is 0 Å². The van der Waals surface area contributed by atoms with E-state index in [1.165, 1.54) is 19.3 Å². The number of nitrogens with two attached hydrogens (primary N) is 1. The van der Waals surface area contributed by atoms with Gasteiger partial charge in [0.05, 0.1) is 11.2 Å². The number of hydrogen-bond donors (Lipinski definition) is 2. The monoisotopic (exact) mass is 346 g/mol. The van der Waals surface area contributed by atoms with Crippen LogP contribution >= 0.6 is 24.0 Å². The highest BCUT2D eigenvalue weighted by molar-refractivity contribution is 6.30. The molecule has 2 atom stereocenters. The first kappa shape index (κ1) is 17.6. The Labute approximate surface area is 142 Å². The van der Waals surface area contributed by atoms with Gasteiger partial charge < -0.3 is 11.1 Å². The number of fused-ring (bicyclic) bond motifs is 2. The summed E-state index contributed by atoms with van der Waals surface area (Å²) >= 11 is 5.81. The number of carbonyl (C=O) groups is 1. The fourth-order valence-corrected chi connectivity index (χ4v) is 4.12. The average Bonchev–Trinajstić information content (AvgIpc) is 2.83. The first-order valence-corrected chi connectivity index (χ1v) is 8.22. The highest BCUT2D eigenvalue weighted by atomic mass is 35.5. The highest BCUT2D eigenvalue weighted by Crippen LogP contribution is 2.39. The Morgan fingerprint density at radius 3 is 2.68 bits per heavy atom. The Morgan fingerprint density at radius 1 is 1.41 bits per heavy atom. The molecule has 7 heteroatoms. The smallest absolute Gasteiger partial charge is 0.222 e. The Bertz CT molecular complexity index is 493. The SMILES string of the molecule is Cl.NC1CC2CCCC(C1)C2NC(=O)CCn1cc(Cl)cn1. The van der Waals surface area contributed by atoms with Crippen LogP contribution in [0.25, 0.3) is 0 Å². The summed E-state index contributed by atoms with van der Waals surface area (Å²) in [6, 6.07) is 0.645. The number of halogens is 2. The van der Waals surface area contributed by atoms with Gasteiger partial charge in [-0.05, 0) is 37.5 Å². The molecule has 1 aromatic heterocycles. The third-order valence-electron chi connectivity index (χ3n) is 4.87. The van der Waals surface area contributed by atoms with Crippen molar-refractivity contribution in [1.29, 1.82) is 0 Å².